The lowest BCUT2D eigenvalue weighted by Gasteiger charge is -2.14. The van der Waals surface area contributed by atoms with E-state index in [9.17, 15) is 0 Å². The van der Waals surface area contributed by atoms with Crippen molar-refractivity contribution in [2.45, 2.75) is 12.5 Å². The van der Waals surface area contributed by atoms with Crippen LogP contribution in [-0.2, 0) is 11.2 Å². The first kappa shape index (κ1) is 16.4. The largest absolute Gasteiger partial charge is 0.371 e. The first-order valence-electron chi connectivity index (χ1n) is 6.99. The molecule has 3 nitrogen and oxygen atoms in total. The highest BCUT2D eigenvalue weighted by Crippen LogP contribution is 2.38. The van der Waals surface area contributed by atoms with Crippen molar-refractivity contribution in [3.8, 4) is 0 Å². The molecule has 0 aliphatic heterocycles. The average Bonchev–Trinajstić information content (AvgIpc) is 2.91. The summed E-state index contributed by atoms with van der Waals surface area (Å²) in [5.74, 6) is 0. The summed E-state index contributed by atoms with van der Waals surface area (Å²) in [6, 6.07) is 12.3. The van der Waals surface area contributed by atoms with E-state index in [-0.39, 0.29) is 6.10 Å². The van der Waals surface area contributed by atoms with Crippen LogP contribution in [0.1, 0.15) is 27.7 Å². The molecule has 118 valence electrons. The lowest BCUT2D eigenvalue weighted by atomic mass is 10.1. The van der Waals surface area contributed by atoms with Crippen LogP contribution in [0.2, 0.25) is 9.49 Å². The van der Waals surface area contributed by atoms with Gasteiger partial charge in [-0.05, 0) is 23.6 Å². The van der Waals surface area contributed by atoms with Crippen LogP contribution in [0.4, 0.5) is 0 Å². The highest BCUT2D eigenvalue weighted by molar-refractivity contribution is 7.16. The lowest BCUT2D eigenvalue weighted by Crippen LogP contribution is -2.04. The van der Waals surface area contributed by atoms with Crippen molar-refractivity contribution in [1.82, 2.24) is 9.97 Å². The normalized spacial score (nSPS) is 12.3. The summed E-state index contributed by atoms with van der Waals surface area (Å²) < 4.78 is 6.37. The van der Waals surface area contributed by atoms with Gasteiger partial charge < -0.3 is 4.74 Å². The van der Waals surface area contributed by atoms with Crippen LogP contribution in [0.5, 0.6) is 0 Å². The number of hydrogen-bond acceptors (Lipinski definition) is 4. The minimum atomic E-state index is -0.323. The number of hydrogen-bond donors (Lipinski definition) is 0. The van der Waals surface area contributed by atoms with Gasteiger partial charge in [-0.25, -0.2) is 9.97 Å². The summed E-state index contributed by atoms with van der Waals surface area (Å²) in [4.78, 5) is 9.04. The molecule has 6 heteroatoms. The number of ether oxygens (including phenoxy) is 1. The molecule has 0 aliphatic carbocycles. The molecule has 0 N–H and O–H groups in total. The van der Waals surface area contributed by atoms with Gasteiger partial charge in [0.2, 0.25) is 0 Å². The van der Waals surface area contributed by atoms with Crippen LogP contribution in [0.25, 0.3) is 0 Å². The Hall–Kier alpha value is -1.46. The molecule has 0 amide bonds. The van der Waals surface area contributed by atoms with E-state index in [1.54, 1.807) is 13.3 Å². The van der Waals surface area contributed by atoms with Gasteiger partial charge in [-0.1, -0.05) is 53.5 Å². The number of nitrogens with zero attached hydrogens (tertiary/aromatic N) is 2. The van der Waals surface area contributed by atoms with E-state index >= 15 is 0 Å². The Bertz CT molecular complexity index is 792. The molecule has 3 rings (SSSR count). The zero-order valence-electron chi connectivity index (χ0n) is 12.4. The topological polar surface area (TPSA) is 35.0 Å². The third kappa shape index (κ3) is 3.72. The van der Waals surface area contributed by atoms with Crippen molar-refractivity contribution in [3.63, 3.8) is 0 Å². The van der Waals surface area contributed by atoms with Gasteiger partial charge in [0, 0.05) is 23.7 Å². The van der Waals surface area contributed by atoms with Crippen molar-refractivity contribution in [1.29, 1.82) is 0 Å². The van der Waals surface area contributed by atoms with E-state index < -0.39 is 0 Å². The summed E-state index contributed by atoms with van der Waals surface area (Å²) in [5.41, 5.74) is 3.03. The van der Waals surface area contributed by atoms with Crippen LogP contribution >= 0.6 is 34.5 Å². The molecule has 1 unspecified atom stereocenters. The van der Waals surface area contributed by atoms with Gasteiger partial charge in [0.25, 0.3) is 0 Å². The molecule has 3 aromatic rings. The second-order valence-electron chi connectivity index (χ2n) is 4.99. The van der Waals surface area contributed by atoms with Crippen LogP contribution in [0.3, 0.4) is 0 Å². The molecule has 0 bridgehead atoms. The molecule has 0 fully saturated rings. The zero-order valence-corrected chi connectivity index (χ0v) is 14.7. The molecule has 0 saturated carbocycles. The Morgan fingerprint density at radius 1 is 1.22 bits per heavy atom. The highest BCUT2D eigenvalue weighted by atomic mass is 35.5. The Balaban J connectivity index is 1.91. The van der Waals surface area contributed by atoms with Gasteiger partial charge >= 0.3 is 0 Å². The second-order valence-corrected chi connectivity index (χ2v) is 7.04. The van der Waals surface area contributed by atoms with Gasteiger partial charge in [0.05, 0.1) is 4.34 Å². The van der Waals surface area contributed by atoms with Crippen LogP contribution in [0.15, 0.2) is 48.9 Å². The molecule has 0 aliphatic rings. The summed E-state index contributed by atoms with van der Waals surface area (Å²) in [6.45, 7) is 0. The zero-order chi connectivity index (χ0) is 16.2. The number of halogens is 2. The predicted molar refractivity (Wildman–Crippen MR) is 94.5 cm³/mol. The second kappa shape index (κ2) is 7.41. The predicted octanol–water partition coefficient (Wildman–Crippen LogP) is 5.17. The fourth-order valence-corrected chi connectivity index (χ4v) is 3.97. The molecule has 0 spiro atoms. The Kier molecular flexibility index (Phi) is 5.28. The fraction of sp³-hybridized carbons (Fsp3) is 0.176. The van der Waals surface area contributed by atoms with Gasteiger partial charge in [0.1, 0.15) is 17.6 Å². The van der Waals surface area contributed by atoms with Gasteiger partial charge in [-0.2, -0.15) is 0 Å². The SMILES string of the molecule is COC(c1cc(Cc2ccccc2)c(Cl)s1)c1cncnc1Cl. The molecular weight excluding hydrogens is 351 g/mol. The molecule has 0 saturated heterocycles. The van der Waals surface area contributed by atoms with E-state index in [0.717, 1.165) is 26.8 Å². The maximum Gasteiger partial charge on any atom is 0.138 e. The smallest absolute Gasteiger partial charge is 0.138 e. The lowest BCUT2D eigenvalue weighted by molar-refractivity contribution is 0.139. The molecule has 2 heterocycles. The van der Waals surface area contributed by atoms with Crippen molar-refractivity contribution in [2.24, 2.45) is 0 Å². The van der Waals surface area contributed by atoms with E-state index in [1.807, 2.05) is 18.2 Å². The van der Waals surface area contributed by atoms with Crippen molar-refractivity contribution in [2.75, 3.05) is 7.11 Å². The van der Waals surface area contributed by atoms with Crippen LogP contribution in [0, 0.1) is 0 Å². The number of thiophene rings is 1. The third-order valence-corrected chi connectivity index (χ3v) is 5.28. The summed E-state index contributed by atoms with van der Waals surface area (Å²) in [6.07, 6.45) is 3.55. The quantitative estimate of drug-likeness (QED) is 0.585. The van der Waals surface area contributed by atoms with E-state index in [1.165, 1.54) is 23.2 Å². The van der Waals surface area contributed by atoms with Crippen LogP contribution < -0.4 is 0 Å². The summed E-state index contributed by atoms with van der Waals surface area (Å²) in [5, 5.41) is 0.390. The van der Waals surface area contributed by atoms with Crippen LogP contribution in [-0.4, -0.2) is 17.1 Å². The van der Waals surface area contributed by atoms with Crippen molar-refractivity contribution >= 4 is 34.5 Å². The summed E-state index contributed by atoms with van der Waals surface area (Å²) >= 11 is 14.1. The number of methoxy groups -OCH3 is 1. The van der Waals surface area contributed by atoms with Gasteiger partial charge in [0.15, 0.2) is 0 Å². The van der Waals surface area contributed by atoms with Crippen molar-refractivity contribution < 1.29 is 4.74 Å². The standard InChI is InChI=1S/C17H14Cl2N2OS/c1-22-15(13-9-20-10-21-16(13)18)14-8-12(17(19)23-14)7-11-5-3-2-4-6-11/h2-6,8-10,15H,7H2,1H3. The highest BCUT2D eigenvalue weighted by Gasteiger charge is 2.21. The molecular formula is C17H14Cl2N2OS. The number of rotatable bonds is 5. The Labute approximate surface area is 148 Å². The Morgan fingerprint density at radius 3 is 2.70 bits per heavy atom. The maximum atomic E-state index is 6.42. The monoisotopic (exact) mass is 364 g/mol. The first-order valence-corrected chi connectivity index (χ1v) is 8.56. The molecule has 23 heavy (non-hydrogen) atoms. The van der Waals surface area contributed by atoms with Crippen molar-refractivity contribution in [3.05, 3.63) is 80.0 Å². The van der Waals surface area contributed by atoms with E-state index in [4.69, 9.17) is 27.9 Å². The fourth-order valence-electron chi connectivity index (χ4n) is 2.39. The molecule has 1 aromatic carbocycles. The van der Waals surface area contributed by atoms with Gasteiger partial charge in [-0.3, -0.25) is 0 Å². The minimum Gasteiger partial charge on any atom is -0.371 e. The maximum absolute atomic E-state index is 6.42. The Morgan fingerprint density at radius 2 is 2.00 bits per heavy atom. The minimum absolute atomic E-state index is 0.323. The first-order chi connectivity index (χ1) is 11.2. The third-order valence-electron chi connectivity index (χ3n) is 3.48. The molecule has 1 atom stereocenters. The number of benzene rings is 1. The summed E-state index contributed by atoms with van der Waals surface area (Å²) in [7, 11) is 1.64. The van der Waals surface area contributed by atoms with E-state index in [0.29, 0.717) is 5.15 Å². The molecule has 0 radical (unpaired) electrons. The molecule has 2 aromatic heterocycles. The number of aromatic nitrogens is 2. The van der Waals surface area contributed by atoms with E-state index in [2.05, 4.69) is 28.2 Å². The average molecular weight is 365 g/mol. The van der Waals surface area contributed by atoms with Gasteiger partial charge in [-0.15, -0.1) is 11.3 Å².